The molecule has 1 radical (unpaired) electrons. The Balaban J connectivity index is 0. The molecule has 41 valence electrons. The molecule has 0 spiro atoms. The summed E-state index contributed by atoms with van der Waals surface area (Å²) >= 11 is 0. The summed E-state index contributed by atoms with van der Waals surface area (Å²) in [5.74, 6) is 0. The summed E-state index contributed by atoms with van der Waals surface area (Å²) in [5, 5.41) is 0. The van der Waals surface area contributed by atoms with Crippen LogP contribution in [0.15, 0.2) is 0 Å². The van der Waals surface area contributed by atoms with Crippen molar-refractivity contribution >= 4 is 10.4 Å². The van der Waals surface area contributed by atoms with Gasteiger partial charge < -0.3 is 0 Å². The van der Waals surface area contributed by atoms with Crippen molar-refractivity contribution in [3.8, 4) is 0 Å². The molecular formula is H2O4RhS. The summed E-state index contributed by atoms with van der Waals surface area (Å²) in [6, 6.07) is 0. The van der Waals surface area contributed by atoms with E-state index >= 15 is 0 Å². The van der Waals surface area contributed by atoms with Gasteiger partial charge in [0.1, 0.15) is 0 Å². The van der Waals surface area contributed by atoms with Crippen molar-refractivity contribution in [1.82, 2.24) is 0 Å². The zero-order valence-electron chi connectivity index (χ0n) is 2.45. The topological polar surface area (TPSA) is 74.6 Å². The van der Waals surface area contributed by atoms with Gasteiger partial charge in [-0.05, 0) is 0 Å². The van der Waals surface area contributed by atoms with E-state index in [2.05, 4.69) is 0 Å². The fraction of sp³-hybridized carbons (Fsp3) is 0. The average Bonchev–Trinajstić information content (AvgIpc) is 0.722. The van der Waals surface area contributed by atoms with Crippen molar-refractivity contribution in [3.05, 3.63) is 0 Å². The second-order valence-corrected chi connectivity index (χ2v) is 1.34. The zero-order chi connectivity index (χ0) is 4.50. The molecule has 6 heteroatoms. The maximum atomic E-state index is 8.74. The van der Waals surface area contributed by atoms with Crippen LogP contribution < -0.4 is 0 Å². The van der Waals surface area contributed by atoms with E-state index in [9.17, 15) is 0 Å². The van der Waals surface area contributed by atoms with Crippen LogP contribution in [-0.4, -0.2) is 17.5 Å². The van der Waals surface area contributed by atoms with Crippen molar-refractivity contribution in [2.24, 2.45) is 0 Å². The normalized spacial score (nSPS) is 9.67. The van der Waals surface area contributed by atoms with E-state index in [1.165, 1.54) is 0 Å². The van der Waals surface area contributed by atoms with Gasteiger partial charge in [-0.1, -0.05) is 0 Å². The molecule has 0 saturated carbocycles. The van der Waals surface area contributed by atoms with Crippen molar-refractivity contribution in [2.75, 3.05) is 0 Å². The van der Waals surface area contributed by atoms with Crippen LogP contribution in [0.2, 0.25) is 0 Å². The van der Waals surface area contributed by atoms with Gasteiger partial charge in [0.25, 0.3) is 0 Å². The molecule has 0 atom stereocenters. The third kappa shape index (κ3) is 225. The first-order valence-corrected chi connectivity index (χ1v) is 2.10. The van der Waals surface area contributed by atoms with Gasteiger partial charge >= 0.3 is 10.4 Å². The van der Waals surface area contributed by atoms with Gasteiger partial charge in [-0.2, -0.15) is 8.42 Å². The summed E-state index contributed by atoms with van der Waals surface area (Å²) in [6.45, 7) is 0. The van der Waals surface area contributed by atoms with E-state index in [1.54, 1.807) is 0 Å². The van der Waals surface area contributed by atoms with E-state index in [1.807, 2.05) is 0 Å². The first kappa shape index (κ1) is 9.71. The van der Waals surface area contributed by atoms with E-state index in [0.717, 1.165) is 0 Å². The molecule has 0 heterocycles. The second kappa shape index (κ2) is 2.63. The molecule has 0 aromatic heterocycles. The van der Waals surface area contributed by atoms with Crippen LogP contribution >= 0.6 is 0 Å². The van der Waals surface area contributed by atoms with Gasteiger partial charge in [0.05, 0.1) is 0 Å². The minimum Gasteiger partial charge on any atom is -0.264 e. The molecule has 0 aliphatic carbocycles. The maximum absolute atomic E-state index is 8.74. The Morgan fingerprint density at radius 3 is 1.17 bits per heavy atom. The molecular weight excluding hydrogens is 199 g/mol. The van der Waals surface area contributed by atoms with Crippen molar-refractivity contribution in [1.29, 1.82) is 0 Å². The summed E-state index contributed by atoms with van der Waals surface area (Å²) in [4.78, 5) is 0. The predicted molar refractivity (Wildman–Crippen MR) is 14.2 cm³/mol. The molecule has 0 fully saturated rings. The average molecular weight is 201 g/mol. The smallest absolute Gasteiger partial charge is 0.264 e. The molecule has 0 unspecified atom stereocenters. The van der Waals surface area contributed by atoms with Gasteiger partial charge in [-0.15, -0.1) is 0 Å². The number of hydrogen-bond acceptors (Lipinski definition) is 2. The third-order valence-electron chi connectivity index (χ3n) is 0. The predicted octanol–water partition coefficient (Wildman–Crippen LogP) is -0.655. The minimum absolute atomic E-state index is 0. The quantitative estimate of drug-likeness (QED) is 0.403. The molecule has 4 nitrogen and oxygen atoms in total. The molecule has 0 bridgehead atoms. The first-order chi connectivity index (χ1) is 2.00. The second-order valence-electron chi connectivity index (χ2n) is 0.448. The van der Waals surface area contributed by atoms with Gasteiger partial charge in [-0.3, -0.25) is 9.11 Å². The van der Waals surface area contributed by atoms with E-state index < -0.39 is 10.4 Å². The van der Waals surface area contributed by atoms with E-state index in [0.29, 0.717) is 0 Å². The van der Waals surface area contributed by atoms with Gasteiger partial charge in [0.2, 0.25) is 0 Å². The Morgan fingerprint density at radius 2 is 1.17 bits per heavy atom. The van der Waals surface area contributed by atoms with Crippen LogP contribution in [-0.2, 0) is 29.9 Å². The molecule has 0 aromatic carbocycles. The van der Waals surface area contributed by atoms with Gasteiger partial charge in [0.15, 0.2) is 0 Å². The minimum atomic E-state index is -4.67. The van der Waals surface area contributed by atoms with Crippen LogP contribution in [0.5, 0.6) is 0 Å². The molecule has 2 N–H and O–H groups in total. The summed E-state index contributed by atoms with van der Waals surface area (Å²) in [6.07, 6.45) is 0. The monoisotopic (exact) mass is 201 g/mol. The van der Waals surface area contributed by atoms with Gasteiger partial charge in [-0.25, -0.2) is 0 Å². The largest absolute Gasteiger partial charge is 0.394 e. The first-order valence-electron chi connectivity index (χ1n) is 0.698. The standard InChI is InChI=1S/H2O4S.Rh/c1-5(2,3)4;/h(H2,1,2,3,4);. The summed E-state index contributed by atoms with van der Waals surface area (Å²) < 4.78 is 31.6. The fourth-order valence-electron chi connectivity index (χ4n) is 0. The number of hydrogen-bond donors (Lipinski definition) is 2. The van der Waals surface area contributed by atoms with Crippen LogP contribution in [0.3, 0.4) is 0 Å². The Kier molecular flexibility index (Phi) is 4.25. The summed E-state index contributed by atoms with van der Waals surface area (Å²) in [7, 11) is -4.67. The van der Waals surface area contributed by atoms with Crippen molar-refractivity contribution < 1.29 is 37.0 Å². The van der Waals surface area contributed by atoms with E-state index in [4.69, 9.17) is 17.5 Å². The molecule has 0 aromatic rings. The Bertz CT molecular complexity index is 90.7. The molecule has 0 aliphatic rings. The zero-order valence-corrected chi connectivity index (χ0v) is 4.91. The summed E-state index contributed by atoms with van der Waals surface area (Å²) in [5.41, 5.74) is 0. The van der Waals surface area contributed by atoms with Crippen LogP contribution in [0.25, 0.3) is 0 Å². The van der Waals surface area contributed by atoms with E-state index in [-0.39, 0.29) is 19.5 Å². The van der Waals surface area contributed by atoms with Crippen LogP contribution in [0, 0.1) is 0 Å². The molecule has 0 saturated heterocycles. The van der Waals surface area contributed by atoms with Gasteiger partial charge in [0, 0.05) is 19.5 Å². The number of rotatable bonds is 0. The Morgan fingerprint density at radius 1 is 1.17 bits per heavy atom. The maximum Gasteiger partial charge on any atom is 0.394 e. The SMILES string of the molecule is O=S(=O)(O)O.[Rh]. The third-order valence-corrected chi connectivity index (χ3v) is 0. The molecule has 6 heavy (non-hydrogen) atoms. The van der Waals surface area contributed by atoms with Crippen molar-refractivity contribution in [2.45, 2.75) is 0 Å². The Labute approximate surface area is 47.9 Å². The Hall–Kier alpha value is 0.493. The van der Waals surface area contributed by atoms with Crippen LogP contribution in [0.1, 0.15) is 0 Å². The molecule has 0 amide bonds. The molecule has 0 rings (SSSR count). The molecule has 0 aliphatic heterocycles. The van der Waals surface area contributed by atoms with Crippen molar-refractivity contribution in [3.63, 3.8) is 0 Å². The fourth-order valence-corrected chi connectivity index (χ4v) is 0. The van der Waals surface area contributed by atoms with Crippen LogP contribution in [0.4, 0.5) is 0 Å².